The van der Waals surface area contributed by atoms with Gasteiger partial charge in [0.05, 0.1) is 5.69 Å². The first-order valence-corrected chi connectivity index (χ1v) is 6.62. The highest BCUT2D eigenvalue weighted by molar-refractivity contribution is 7.15. The maximum atomic E-state index is 5.70. The van der Waals surface area contributed by atoms with Gasteiger partial charge in [-0.3, -0.25) is 0 Å². The van der Waals surface area contributed by atoms with Crippen LogP contribution in [0, 0.1) is 5.92 Å². The number of fused-ring (bicyclic) bond motifs is 1. The van der Waals surface area contributed by atoms with Crippen molar-refractivity contribution in [3.8, 4) is 0 Å². The molecule has 82 valence electrons. The Kier molecular flexibility index (Phi) is 2.41. The highest BCUT2D eigenvalue weighted by Gasteiger charge is 2.25. The van der Waals surface area contributed by atoms with E-state index in [0.29, 0.717) is 5.92 Å². The maximum absolute atomic E-state index is 5.70. The van der Waals surface area contributed by atoms with Gasteiger partial charge in [0, 0.05) is 18.0 Å². The van der Waals surface area contributed by atoms with Crippen LogP contribution in [0.25, 0.3) is 0 Å². The molecule has 0 aromatic carbocycles. The Morgan fingerprint density at radius 2 is 2.40 bits per heavy atom. The van der Waals surface area contributed by atoms with Gasteiger partial charge in [-0.15, -0.1) is 11.3 Å². The predicted molar refractivity (Wildman–Crippen MR) is 63.5 cm³/mol. The molecule has 0 saturated carbocycles. The summed E-state index contributed by atoms with van der Waals surface area (Å²) in [4.78, 5) is 8.69. The van der Waals surface area contributed by atoms with E-state index in [1.807, 2.05) is 11.3 Å². The molecule has 4 heteroatoms. The van der Waals surface area contributed by atoms with Crippen LogP contribution in [-0.4, -0.2) is 24.6 Å². The molecule has 1 saturated heterocycles. The van der Waals surface area contributed by atoms with E-state index in [-0.39, 0.29) is 0 Å². The number of hydrogen-bond donors (Lipinski definition) is 1. The Bertz CT molecular complexity index is 339. The third-order valence-corrected chi connectivity index (χ3v) is 4.69. The van der Waals surface area contributed by atoms with Crippen molar-refractivity contribution in [3.05, 3.63) is 10.6 Å². The first kappa shape index (κ1) is 9.60. The molecule has 3 rings (SSSR count). The van der Waals surface area contributed by atoms with Gasteiger partial charge in [-0.05, 0) is 38.1 Å². The highest BCUT2D eigenvalue weighted by Crippen LogP contribution is 2.34. The van der Waals surface area contributed by atoms with E-state index in [2.05, 4.69) is 4.90 Å². The van der Waals surface area contributed by atoms with Gasteiger partial charge in [0.25, 0.3) is 0 Å². The Morgan fingerprint density at radius 3 is 3.13 bits per heavy atom. The zero-order valence-electron chi connectivity index (χ0n) is 8.91. The van der Waals surface area contributed by atoms with E-state index in [9.17, 15) is 0 Å². The number of hydrogen-bond acceptors (Lipinski definition) is 4. The number of nitrogens with two attached hydrogens (primary N) is 1. The van der Waals surface area contributed by atoms with Gasteiger partial charge in [0.1, 0.15) is 0 Å². The Morgan fingerprint density at radius 1 is 1.47 bits per heavy atom. The predicted octanol–water partition coefficient (Wildman–Crippen LogP) is 1.42. The van der Waals surface area contributed by atoms with Crippen molar-refractivity contribution in [1.82, 2.24) is 4.98 Å². The van der Waals surface area contributed by atoms with Crippen LogP contribution < -0.4 is 10.6 Å². The average molecular weight is 223 g/mol. The average Bonchev–Trinajstić information content (AvgIpc) is 2.91. The van der Waals surface area contributed by atoms with Crippen LogP contribution in [-0.2, 0) is 12.8 Å². The summed E-state index contributed by atoms with van der Waals surface area (Å²) in [7, 11) is 0. The van der Waals surface area contributed by atoms with Crippen LogP contribution >= 0.6 is 11.3 Å². The Hall–Kier alpha value is -0.610. The SMILES string of the molecule is NCC1CCN(c2nc3c(s2)CCC3)C1. The second kappa shape index (κ2) is 3.76. The molecule has 1 fully saturated rings. The molecular weight excluding hydrogens is 206 g/mol. The molecule has 15 heavy (non-hydrogen) atoms. The van der Waals surface area contributed by atoms with Crippen molar-refractivity contribution < 1.29 is 0 Å². The maximum Gasteiger partial charge on any atom is 0.185 e. The minimum absolute atomic E-state index is 0.684. The van der Waals surface area contributed by atoms with E-state index >= 15 is 0 Å². The Balaban J connectivity index is 1.76. The Labute approximate surface area is 94.3 Å². The van der Waals surface area contributed by atoms with Crippen LogP contribution in [0.2, 0.25) is 0 Å². The molecule has 2 N–H and O–H groups in total. The first-order valence-electron chi connectivity index (χ1n) is 5.80. The summed E-state index contributed by atoms with van der Waals surface area (Å²) in [6, 6.07) is 0. The van der Waals surface area contributed by atoms with Crippen molar-refractivity contribution in [1.29, 1.82) is 0 Å². The molecule has 2 heterocycles. The number of thiazole rings is 1. The summed E-state index contributed by atoms with van der Waals surface area (Å²) in [5, 5.41) is 1.25. The van der Waals surface area contributed by atoms with Crippen molar-refractivity contribution in [2.45, 2.75) is 25.7 Å². The number of aromatic nitrogens is 1. The molecule has 0 radical (unpaired) electrons. The summed E-state index contributed by atoms with van der Waals surface area (Å²) in [5.41, 5.74) is 7.07. The lowest BCUT2D eigenvalue weighted by Gasteiger charge is -2.14. The number of aryl methyl sites for hydroxylation is 2. The molecular formula is C11H17N3S. The van der Waals surface area contributed by atoms with Gasteiger partial charge in [-0.25, -0.2) is 4.98 Å². The van der Waals surface area contributed by atoms with Crippen LogP contribution in [0.3, 0.4) is 0 Å². The van der Waals surface area contributed by atoms with Crippen LogP contribution in [0.1, 0.15) is 23.4 Å². The summed E-state index contributed by atoms with van der Waals surface area (Å²) in [6.07, 6.45) is 4.99. The van der Waals surface area contributed by atoms with Gasteiger partial charge < -0.3 is 10.6 Å². The summed E-state index contributed by atoms with van der Waals surface area (Å²) >= 11 is 1.91. The molecule has 1 aromatic heterocycles. The highest BCUT2D eigenvalue weighted by atomic mass is 32.1. The van der Waals surface area contributed by atoms with Gasteiger partial charge in [-0.2, -0.15) is 0 Å². The lowest BCUT2D eigenvalue weighted by atomic mass is 10.1. The fourth-order valence-corrected chi connectivity index (χ4v) is 3.69. The van der Waals surface area contributed by atoms with E-state index < -0.39 is 0 Å². The molecule has 1 aromatic rings. The smallest absolute Gasteiger partial charge is 0.185 e. The third-order valence-electron chi connectivity index (χ3n) is 3.47. The van der Waals surface area contributed by atoms with Crippen molar-refractivity contribution >= 4 is 16.5 Å². The number of anilines is 1. The number of rotatable bonds is 2. The standard InChI is InChI=1S/C11H17N3S/c12-6-8-4-5-14(7-8)11-13-9-2-1-3-10(9)15-11/h8H,1-7,12H2. The normalized spacial score (nSPS) is 24.9. The zero-order valence-corrected chi connectivity index (χ0v) is 9.72. The molecule has 0 amide bonds. The summed E-state index contributed by atoms with van der Waals surface area (Å²) < 4.78 is 0. The minimum atomic E-state index is 0.684. The van der Waals surface area contributed by atoms with Gasteiger partial charge >= 0.3 is 0 Å². The van der Waals surface area contributed by atoms with E-state index in [4.69, 9.17) is 10.7 Å². The van der Waals surface area contributed by atoms with E-state index in [0.717, 1.165) is 19.6 Å². The lowest BCUT2D eigenvalue weighted by molar-refractivity contribution is 0.602. The second-order valence-corrected chi connectivity index (χ2v) is 5.62. The second-order valence-electron chi connectivity index (χ2n) is 4.56. The monoisotopic (exact) mass is 223 g/mol. The lowest BCUT2D eigenvalue weighted by Crippen LogP contribution is -2.22. The van der Waals surface area contributed by atoms with E-state index in [1.54, 1.807) is 0 Å². The molecule has 1 atom stereocenters. The topological polar surface area (TPSA) is 42.1 Å². The van der Waals surface area contributed by atoms with Gasteiger partial charge in [-0.1, -0.05) is 0 Å². The minimum Gasteiger partial charge on any atom is -0.348 e. The molecule has 1 unspecified atom stereocenters. The molecule has 1 aliphatic heterocycles. The molecule has 0 bridgehead atoms. The molecule has 2 aliphatic rings. The van der Waals surface area contributed by atoms with Crippen LogP contribution in [0.5, 0.6) is 0 Å². The molecule has 0 spiro atoms. The van der Waals surface area contributed by atoms with Crippen LogP contribution in [0.15, 0.2) is 0 Å². The van der Waals surface area contributed by atoms with Crippen molar-refractivity contribution in [2.24, 2.45) is 11.7 Å². The van der Waals surface area contributed by atoms with E-state index in [1.165, 1.54) is 41.4 Å². The number of nitrogens with zero attached hydrogens (tertiary/aromatic N) is 2. The van der Waals surface area contributed by atoms with Gasteiger partial charge in [0.15, 0.2) is 5.13 Å². The van der Waals surface area contributed by atoms with Crippen molar-refractivity contribution in [2.75, 3.05) is 24.5 Å². The quantitative estimate of drug-likeness (QED) is 0.824. The fraction of sp³-hybridized carbons (Fsp3) is 0.727. The third kappa shape index (κ3) is 1.66. The summed E-state index contributed by atoms with van der Waals surface area (Å²) in [5.74, 6) is 0.684. The van der Waals surface area contributed by atoms with Crippen LogP contribution in [0.4, 0.5) is 5.13 Å². The zero-order chi connectivity index (χ0) is 10.3. The molecule has 3 nitrogen and oxygen atoms in total. The van der Waals surface area contributed by atoms with Gasteiger partial charge in [0.2, 0.25) is 0 Å². The molecule has 1 aliphatic carbocycles. The largest absolute Gasteiger partial charge is 0.348 e. The first-order chi connectivity index (χ1) is 7.36. The fourth-order valence-electron chi connectivity index (χ4n) is 2.51. The van der Waals surface area contributed by atoms with Crippen molar-refractivity contribution in [3.63, 3.8) is 0 Å². The summed E-state index contributed by atoms with van der Waals surface area (Å²) in [6.45, 7) is 3.08.